The first-order valence-electron chi connectivity index (χ1n) is 14.3. The van der Waals surface area contributed by atoms with Gasteiger partial charge in [0.2, 0.25) is 0 Å². The summed E-state index contributed by atoms with van der Waals surface area (Å²) >= 11 is 5.80. The van der Waals surface area contributed by atoms with Gasteiger partial charge in [-0.2, -0.15) is 0 Å². The summed E-state index contributed by atoms with van der Waals surface area (Å²) in [6.45, 7) is 8.04. The quantitative estimate of drug-likeness (QED) is 0.136. The Hall–Kier alpha value is -3.17. The van der Waals surface area contributed by atoms with Crippen LogP contribution in [0.4, 0.5) is 0 Å². The molecule has 0 bridgehead atoms. The molecule has 0 saturated heterocycles. The van der Waals surface area contributed by atoms with E-state index in [0.717, 1.165) is 20.4 Å². The minimum Gasteiger partial charge on any atom is -0.493 e. The number of nitrogens with zero attached hydrogens (tertiary/aromatic N) is 2. The number of ether oxygens (including phenoxy) is 4. The van der Waals surface area contributed by atoms with Crippen LogP contribution in [0.5, 0.6) is 17.2 Å². The SMILES string of the molecule is CCOC(=O)C1=C(C)N=c2s/c(=C\c3ccc(OCc4ccc(I)cc4)c(I)c3)c(=O)n2[C@H]1c1ccc(OC(C)C)c(OC)c1. The summed E-state index contributed by atoms with van der Waals surface area (Å²) in [6.07, 6.45) is 1.78. The highest BCUT2D eigenvalue weighted by atomic mass is 127. The number of rotatable bonds is 10. The van der Waals surface area contributed by atoms with Crippen molar-refractivity contribution in [3.63, 3.8) is 0 Å². The van der Waals surface area contributed by atoms with Crippen LogP contribution in [0, 0.1) is 7.14 Å². The number of esters is 1. The summed E-state index contributed by atoms with van der Waals surface area (Å²) in [4.78, 5) is 32.5. The van der Waals surface area contributed by atoms with Gasteiger partial charge in [-0.3, -0.25) is 9.36 Å². The van der Waals surface area contributed by atoms with Gasteiger partial charge in [0, 0.05) is 3.57 Å². The summed E-state index contributed by atoms with van der Waals surface area (Å²) in [6, 6.07) is 18.7. The summed E-state index contributed by atoms with van der Waals surface area (Å²) in [5, 5.41) is 0. The Morgan fingerprint density at radius 2 is 1.78 bits per heavy atom. The maximum Gasteiger partial charge on any atom is 0.338 e. The normalized spacial score (nSPS) is 14.7. The monoisotopic (exact) mass is 850 g/mol. The number of aromatic nitrogens is 1. The molecule has 0 aliphatic carbocycles. The van der Waals surface area contributed by atoms with Crippen LogP contribution in [-0.4, -0.2) is 30.4 Å². The first-order chi connectivity index (χ1) is 21.6. The van der Waals surface area contributed by atoms with Crippen molar-refractivity contribution in [2.24, 2.45) is 4.99 Å². The third-order valence-electron chi connectivity index (χ3n) is 6.94. The number of hydrogen-bond donors (Lipinski definition) is 0. The average Bonchev–Trinajstić information content (AvgIpc) is 3.30. The Balaban J connectivity index is 1.54. The molecule has 11 heteroatoms. The first-order valence-corrected chi connectivity index (χ1v) is 17.3. The maximum absolute atomic E-state index is 14.1. The summed E-state index contributed by atoms with van der Waals surface area (Å²) < 4.78 is 27.2. The summed E-state index contributed by atoms with van der Waals surface area (Å²) in [5.74, 6) is 1.32. The zero-order valence-electron chi connectivity index (χ0n) is 25.4. The smallest absolute Gasteiger partial charge is 0.338 e. The van der Waals surface area contributed by atoms with Gasteiger partial charge in [-0.1, -0.05) is 35.6 Å². The van der Waals surface area contributed by atoms with Crippen LogP contribution in [0.2, 0.25) is 0 Å². The lowest BCUT2D eigenvalue weighted by Gasteiger charge is -2.25. The fourth-order valence-corrected chi connectivity index (χ4v) is 7.03. The van der Waals surface area contributed by atoms with E-state index < -0.39 is 12.0 Å². The van der Waals surface area contributed by atoms with Crippen LogP contribution in [0.25, 0.3) is 6.08 Å². The molecule has 1 aromatic heterocycles. The van der Waals surface area contributed by atoms with E-state index in [-0.39, 0.29) is 18.3 Å². The van der Waals surface area contributed by atoms with E-state index >= 15 is 0 Å². The minimum absolute atomic E-state index is 0.0590. The molecule has 0 fully saturated rings. The molecule has 0 amide bonds. The molecule has 1 atom stereocenters. The Labute approximate surface area is 292 Å². The lowest BCUT2D eigenvalue weighted by atomic mass is 9.95. The number of carbonyl (C=O) groups excluding carboxylic acids is 1. The van der Waals surface area contributed by atoms with Gasteiger partial charge < -0.3 is 18.9 Å². The molecular formula is C34H32I2N2O6S. The van der Waals surface area contributed by atoms with Crippen LogP contribution in [0.3, 0.4) is 0 Å². The molecule has 1 aliphatic heterocycles. The average molecular weight is 851 g/mol. The molecule has 0 saturated carbocycles. The summed E-state index contributed by atoms with van der Waals surface area (Å²) in [5.41, 5.74) is 3.16. The zero-order valence-corrected chi connectivity index (χ0v) is 30.6. The molecule has 45 heavy (non-hydrogen) atoms. The van der Waals surface area contributed by atoms with Gasteiger partial charge in [0.25, 0.3) is 5.56 Å². The lowest BCUT2D eigenvalue weighted by Crippen LogP contribution is -2.40. The second kappa shape index (κ2) is 14.5. The number of methoxy groups -OCH3 is 1. The number of thiazole rings is 1. The van der Waals surface area contributed by atoms with Crippen LogP contribution >= 0.6 is 56.5 Å². The van der Waals surface area contributed by atoms with E-state index in [1.807, 2.05) is 44.2 Å². The highest BCUT2D eigenvalue weighted by Crippen LogP contribution is 2.36. The van der Waals surface area contributed by atoms with Gasteiger partial charge in [-0.25, -0.2) is 9.79 Å². The van der Waals surface area contributed by atoms with Crippen molar-refractivity contribution in [1.82, 2.24) is 4.57 Å². The standard InChI is InChI=1S/C34H32I2N2O6S/c1-6-42-33(40)30-20(4)37-34-38(31(30)23-10-14-27(44-19(2)3)28(17-23)41-5)32(39)29(45-34)16-22-9-13-26(25(36)15-22)43-18-21-7-11-24(35)12-8-21/h7-17,19,31H,6,18H2,1-5H3/b29-16-/t31-/m0/s1. The molecule has 2 heterocycles. The Morgan fingerprint density at radius 3 is 2.44 bits per heavy atom. The molecule has 8 nitrogen and oxygen atoms in total. The van der Waals surface area contributed by atoms with Crippen LogP contribution in [0.1, 0.15) is 50.4 Å². The first kappa shape index (κ1) is 33.2. The molecule has 3 aromatic carbocycles. The van der Waals surface area contributed by atoms with E-state index in [1.54, 1.807) is 37.7 Å². The second-order valence-corrected chi connectivity index (χ2v) is 13.9. The molecule has 0 spiro atoms. The third-order valence-corrected chi connectivity index (χ3v) is 9.49. The molecule has 234 valence electrons. The van der Waals surface area contributed by atoms with Crippen molar-refractivity contribution in [1.29, 1.82) is 0 Å². The van der Waals surface area contributed by atoms with Crippen LogP contribution in [0.15, 0.2) is 81.7 Å². The second-order valence-electron chi connectivity index (χ2n) is 10.5. The van der Waals surface area contributed by atoms with E-state index in [1.165, 1.54) is 14.9 Å². The number of fused-ring (bicyclic) bond motifs is 1. The van der Waals surface area contributed by atoms with Crippen LogP contribution in [-0.2, 0) is 16.1 Å². The van der Waals surface area contributed by atoms with Crippen LogP contribution < -0.4 is 29.1 Å². The molecule has 4 aromatic rings. The largest absolute Gasteiger partial charge is 0.493 e. The zero-order chi connectivity index (χ0) is 32.2. The van der Waals surface area contributed by atoms with Crippen molar-refractivity contribution >= 4 is 68.6 Å². The maximum atomic E-state index is 14.1. The highest BCUT2D eigenvalue weighted by molar-refractivity contribution is 14.1. The predicted octanol–water partition coefficient (Wildman–Crippen LogP) is 6.38. The van der Waals surface area contributed by atoms with Gasteiger partial charge in [0.1, 0.15) is 12.4 Å². The molecule has 0 N–H and O–H groups in total. The number of carbonyl (C=O) groups is 1. The van der Waals surface area contributed by atoms with E-state index in [2.05, 4.69) is 74.4 Å². The highest BCUT2D eigenvalue weighted by Gasteiger charge is 2.34. The molecular weight excluding hydrogens is 818 g/mol. The van der Waals surface area contributed by atoms with Gasteiger partial charge in [0.15, 0.2) is 16.3 Å². The van der Waals surface area contributed by atoms with Crippen molar-refractivity contribution < 1.29 is 23.7 Å². The molecule has 1 aliphatic rings. The van der Waals surface area contributed by atoms with E-state index in [0.29, 0.717) is 44.3 Å². The number of benzene rings is 3. The van der Waals surface area contributed by atoms with Gasteiger partial charge in [0.05, 0.1) is 45.2 Å². The number of hydrogen-bond acceptors (Lipinski definition) is 8. The van der Waals surface area contributed by atoms with Gasteiger partial charge >= 0.3 is 5.97 Å². The minimum atomic E-state index is -0.762. The number of halogens is 2. The van der Waals surface area contributed by atoms with Crippen molar-refractivity contribution in [3.8, 4) is 17.2 Å². The molecule has 0 unspecified atom stereocenters. The van der Waals surface area contributed by atoms with Crippen molar-refractivity contribution in [3.05, 3.63) is 115 Å². The molecule has 0 radical (unpaired) electrons. The Morgan fingerprint density at radius 1 is 1.04 bits per heavy atom. The van der Waals surface area contributed by atoms with Crippen molar-refractivity contribution in [2.45, 2.75) is 46.4 Å². The fourth-order valence-electron chi connectivity index (χ4n) is 4.93. The Kier molecular flexibility index (Phi) is 10.7. The molecule has 5 rings (SSSR count). The van der Waals surface area contributed by atoms with E-state index in [4.69, 9.17) is 18.9 Å². The number of allylic oxidation sites excluding steroid dienone is 1. The van der Waals surface area contributed by atoms with E-state index in [9.17, 15) is 9.59 Å². The third kappa shape index (κ3) is 7.46. The van der Waals surface area contributed by atoms with Gasteiger partial charge in [-0.05, 0) is 132 Å². The van der Waals surface area contributed by atoms with Gasteiger partial charge in [-0.15, -0.1) is 0 Å². The topological polar surface area (TPSA) is 88.4 Å². The Bertz CT molecular complexity index is 1950. The predicted molar refractivity (Wildman–Crippen MR) is 192 cm³/mol. The lowest BCUT2D eigenvalue weighted by molar-refractivity contribution is -0.139. The van der Waals surface area contributed by atoms with Crippen molar-refractivity contribution in [2.75, 3.05) is 13.7 Å². The summed E-state index contributed by atoms with van der Waals surface area (Å²) in [7, 11) is 1.56. The fraction of sp³-hybridized carbons (Fsp3) is 0.265.